The lowest BCUT2D eigenvalue weighted by Gasteiger charge is -2.32. The van der Waals surface area contributed by atoms with E-state index in [1.807, 2.05) is 0 Å². The number of nitrogens with zero attached hydrogens (tertiary/aromatic N) is 1. The summed E-state index contributed by atoms with van der Waals surface area (Å²) in [5.74, 6) is 0.545. The molecule has 0 spiro atoms. The molecule has 0 aromatic heterocycles. The first-order valence-electron chi connectivity index (χ1n) is 7.52. The van der Waals surface area contributed by atoms with Gasteiger partial charge in [0.1, 0.15) is 11.6 Å². The smallest absolute Gasteiger partial charge is 0.123 e. The molecular weight excluding hydrogens is 255 g/mol. The predicted octanol–water partition coefficient (Wildman–Crippen LogP) is 2.58. The van der Waals surface area contributed by atoms with Gasteiger partial charge in [-0.3, -0.25) is 0 Å². The van der Waals surface area contributed by atoms with Crippen molar-refractivity contribution in [3.05, 3.63) is 29.6 Å². The summed E-state index contributed by atoms with van der Waals surface area (Å²) >= 11 is 0. The lowest BCUT2D eigenvalue weighted by atomic mass is 10.0. The van der Waals surface area contributed by atoms with Crippen molar-refractivity contribution in [2.45, 2.75) is 38.1 Å². The highest BCUT2D eigenvalue weighted by molar-refractivity contribution is 5.34. The van der Waals surface area contributed by atoms with Gasteiger partial charge < -0.3 is 15.4 Å². The third kappa shape index (κ3) is 4.18. The molecule has 1 unspecified atom stereocenters. The molecule has 1 saturated heterocycles. The Kier molecular flexibility index (Phi) is 5.80. The summed E-state index contributed by atoms with van der Waals surface area (Å²) in [5, 5.41) is 0. The van der Waals surface area contributed by atoms with E-state index in [1.54, 1.807) is 6.07 Å². The van der Waals surface area contributed by atoms with Crippen molar-refractivity contribution >= 4 is 0 Å². The van der Waals surface area contributed by atoms with Crippen molar-refractivity contribution in [3.63, 3.8) is 0 Å². The van der Waals surface area contributed by atoms with E-state index in [0.29, 0.717) is 25.6 Å². The zero-order chi connectivity index (χ0) is 14.4. The maximum absolute atomic E-state index is 13.2. The number of hydrogen-bond donors (Lipinski definition) is 1. The van der Waals surface area contributed by atoms with Crippen molar-refractivity contribution in [1.29, 1.82) is 0 Å². The number of likely N-dealkylation sites (tertiary alicyclic amines) is 1. The van der Waals surface area contributed by atoms with Crippen LogP contribution in [0.1, 0.15) is 31.2 Å². The maximum atomic E-state index is 13.2. The lowest BCUT2D eigenvalue weighted by Crippen LogP contribution is -2.37. The number of halogens is 1. The van der Waals surface area contributed by atoms with E-state index >= 15 is 0 Å². The Morgan fingerprint density at radius 1 is 1.40 bits per heavy atom. The van der Waals surface area contributed by atoms with Gasteiger partial charge in [-0.15, -0.1) is 0 Å². The molecule has 112 valence electrons. The molecule has 1 aromatic rings. The van der Waals surface area contributed by atoms with E-state index in [1.165, 1.54) is 37.9 Å². The topological polar surface area (TPSA) is 38.5 Å². The first-order valence-corrected chi connectivity index (χ1v) is 7.52. The Morgan fingerprint density at radius 2 is 2.25 bits per heavy atom. The van der Waals surface area contributed by atoms with Crippen molar-refractivity contribution in [3.8, 4) is 5.75 Å². The standard InChI is InChI=1S/C16H25FN2O/c1-19-10-3-2-4-15(19)8-11-20-16-6-5-14(17)12-13(16)7-9-18/h5-6,12,15H,2-4,7-11,18H2,1H3. The molecule has 2 N–H and O–H groups in total. The van der Waals surface area contributed by atoms with Gasteiger partial charge in [0.05, 0.1) is 6.61 Å². The SMILES string of the molecule is CN1CCCCC1CCOc1ccc(F)cc1CCN. The molecule has 4 heteroatoms. The Hall–Kier alpha value is -1.13. The minimum absolute atomic E-state index is 0.229. The van der Waals surface area contributed by atoms with E-state index in [0.717, 1.165) is 17.7 Å². The summed E-state index contributed by atoms with van der Waals surface area (Å²) in [6.45, 7) is 2.36. The number of benzene rings is 1. The fourth-order valence-corrected chi connectivity index (χ4v) is 2.85. The Balaban J connectivity index is 1.87. The second-order valence-electron chi connectivity index (χ2n) is 5.56. The average molecular weight is 280 g/mol. The minimum atomic E-state index is -0.229. The van der Waals surface area contributed by atoms with Crippen LogP contribution < -0.4 is 10.5 Å². The third-order valence-corrected chi connectivity index (χ3v) is 4.07. The summed E-state index contributed by atoms with van der Waals surface area (Å²) in [7, 11) is 2.18. The Bertz CT molecular complexity index is 425. The van der Waals surface area contributed by atoms with E-state index in [9.17, 15) is 4.39 Å². The van der Waals surface area contributed by atoms with E-state index in [-0.39, 0.29) is 5.82 Å². The van der Waals surface area contributed by atoms with E-state index < -0.39 is 0 Å². The monoisotopic (exact) mass is 280 g/mol. The summed E-state index contributed by atoms with van der Waals surface area (Å²) in [6.07, 6.45) is 5.53. The molecule has 1 aromatic carbocycles. The Morgan fingerprint density at radius 3 is 3.00 bits per heavy atom. The number of nitrogens with two attached hydrogens (primary N) is 1. The molecule has 2 rings (SSSR count). The van der Waals surface area contributed by atoms with Crippen LogP contribution in [0.25, 0.3) is 0 Å². The van der Waals surface area contributed by atoms with E-state index in [4.69, 9.17) is 10.5 Å². The van der Waals surface area contributed by atoms with Gasteiger partial charge in [0.2, 0.25) is 0 Å². The van der Waals surface area contributed by atoms with E-state index in [2.05, 4.69) is 11.9 Å². The van der Waals surface area contributed by atoms with Crippen molar-refractivity contribution in [2.24, 2.45) is 5.73 Å². The molecule has 1 aliphatic rings. The molecule has 20 heavy (non-hydrogen) atoms. The number of hydrogen-bond acceptors (Lipinski definition) is 3. The maximum Gasteiger partial charge on any atom is 0.123 e. The van der Waals surface area contributed by atoms with Crippen LogP contribution in [0.2, 0.25) is 0 Å². The second-order valence-corrected chi connectivity index (χ2v) is 5.56. The largest absolute Gasteiger partial charge is 0.493 e. The van der Waals surface area contributed by atoms with Crippen molar-refractivity contribution in [1.82, 2.24) is 4.90 Å². The number of ether oxygens (including phenoxy) is 1. The fourth-order valence-electron chi connectivity index (χ4n) is 2.85. The summed E-state index contributed by atoms with van der Waals surface area (Å²) in [6, 6.07) is 5.30. The first-order chi connectivity index (χ1) is 9.70. The van der Waals surface area contributed by atoms with Crippen LogP contribution in [0.3, 0.4) is 0 Å². The quantitative estimate of drug-likeness (QED) is 0.870. The molecule has 1 aliphatic heterocycles. The van der Waals surface area contributed by atoms with Crippen LogP contribution >= 0.6 is 0 Å². The summed E-state index contributed by atoms with van der Waals surface area (Å²) in [5.41, 5.74) is 6.42. The van der Waals surface area contributed by atoms with Gasteiger partial charge in [-0.05, 0) is 69.6 Å². The summed E-state index contributed by atoms with van der Waals surface area (Å²) in [4.78, 5) is 2.41. The fraction of sp³-hybridized carbons (Fsp3) is 0.625. The molecule has 3 nitrogen and oxygen atoms in total. The first kappa shape index (κ1) is 15.3. The molecule has 1 atom stereocenters. The van der Waals surface area contributed by atoms with Crippen molar-refractivity contribution in [2.75, 3.05) is 26.7 Å². The van der Waals surface area contributed by atoms with Gasteiger partial charge in [0.15, 0.2) is 0 Å². The zero-order valence-corrected chi connectivity index (χ0v) is 12.3. The number of rotatable bonds is 6. The molecule has 1 fully saturated rings. The van der Waals surface area contributed by atoms with Crippen LogP contribution in [-0.4, -0.2) is 37.7 Å². The highest BCUT2D eigenvalue weighted by atomic mass is 19.1. The van der Waals surface area contributed by atoms with Crippen LogP contribution in [0.15, 0.2) is 18.2 Å². The lowest BCUT2D eigenvalue weighted by molar-refractivity contribution is 0.153. The summed E-state index contributed by atoms with van der Waals surface area (Å²) < 4.78 is 19.1. The second kappa shape index (κ2) is 7.60. The van der Waals surface area contributed by atoms with Gasteiger partial charge in [0, 0.05) is 6.04 Å². The van der Waals surface area contributed by atoms with Gasteiger partial charge in [0.25, 0.3) is 0 Å². The highest BCUT2D eigenvalue weighted by Gasteiger charge is 2.18. The van der Waals surface area contributed by atoms with Crippen LogP contribution in [-0.2, 0) is 6.42 Å². The zero-order valence-electron chi connectivity index (χ0n) is 12.3. The van der Waals surface area contributed by atoms with Crippen molar-refractivity contribution < 1.29 is 9.13 Å². The third-order valence-electron chi connectivity index (χ3n) is 4.07. The van der Waals surface area contributed by atoms with Gasteiger partial charge in [-0.1, -0.05) is 6.42 Å². The predicted molar refractivity (Wildman–Crippen MR) is 79.5 cm³/mol. The molecule has 0 amide bonds. The normalized spacial score (nSPS) is 20.1. The number of piperidine rings is 1. The average Bonchev–Trinajstić information content (AvgIpc) is 2.43. The molecule has 1 heterocycles. The highest BCUT2D eigenvalue weighted by Crippen LogP contribution is 2.22. The van der Waals surface area contributed by atoms with Crippen LogP contribution in [0.4, 0.5) is 4.39 Å². The molecule has 0 bridgehead atoms. The molecule has 0 aliphatic carbocycles. The molecular formula is C16H25FN2O. The van der Waals surface area contributed by atoms with Gasteiger partial charge in [-0.2, -0.15) is 0 Å². The molecule has 0 radical (unpaired) electrons. The Labute approximate surface area is 120 Å². The van der Waals surface area contributed by atoms with Gasteiger partial charge in [-0.25, -0.2) is 4.39 Å². The van der Waals surface area contributed by atoms with Gasteiger partial charge >= 0.3 is 0 Å². The minimum Gasteiger partial charge on any atom is -0.493 e. The van der Waals surface area contributed by atoms with Crippen LogP contribution in [0, 0.1) is 5.82 Å². The molecule has 0 saturated carbocycles. The van der Waals surface area contributed by atoms with Crippen LogP contribution in [0.5, 0.6) is 5.75 Å².